The van der Waals surface area contributed by atoms with Gasteiger partial charge in [-0.25, -0.2) is 4.99 Å². The fraction of sp³-hybridized carbons (Fsp3) is 0.391. The number of aryl methyl sites for hydroxylation is 1. The topological polar surface area (TPSA) is 45.5 Å². The molecule has 1 aliphatic heterocycles. The van der Waals surface area contributed by atoms with Gasteiger partial charge in [-0.2, -0.15) is 5.10 Å². The number of nitrogens with one attached hydrogen (secondary N) is 1. The zero-order valence-electron chi connectivity index (χ0n) is 16.8. The van der Waals surface area contributed by atoms with Crippen LogP contribution >= 0.6 is 0 Å². The molecule has 0 amide bonds. The fourth-order valence-electron chi connectivity index (χ4n) is 4.03. The second kappa shape index (κ2) is 8.46. The predicted octanol–water partition coefficient (Wildman–Crippen LogP) is 3.60. The quantitative estimate of drug-likeness (QED) is 0.547. The SMILES string of the molecule is CCNC(=NCc1ccc2ccccc2c1)N1CCC(Cc2cnn(C)c2)C1. The first kappa shape index (κ1) is 18.5. The van der Waals surface area contributed by atoms with Gasteiger partial charge in [-0.1, -0.05) is 36.4 Å². The van der Waals surface area contributed by atoms with Crippen LogP contribution in [0.2, 0.25) is 0 Å². The molecule has 5 nitrogen and oxygen atoms in total. The van der Waals surface area contributed by atoms with Crippen molar-refractivity contribution in [3.63, 3.8) is 0 Å². The van der Waals surface area contributed by atoms with Gasteiger partial charge in [0.05, 0.1) is 12.7 Å². The maximum Gasteiger partial charge on any atom is 0.194 e. The van der Waals surface area contributed by atoms with Crippen LogP contribution in [0.1, 0.15) is 24.5 Å². The number of benzene rings is 2. The van der Waals surface area contributed by atoms with Crippen LogP contribution in [0, 0.1) is 5.92 Å². The van der Waals surface area contributed by atoms with E-state index < -0.39 is 0 Å². The Bertz CT molecular complexity index is 958. The lowest BCUT2D eigenvalue weighted by Crippen LogP contribution is -2.40. The number of fused-ring (bicyclic) bond motifs is 1. The summed E-state index contributed by atoms with van der Waals surface area (Å²) in [6, 6.07) is 15.1. The van der Waals surface area contributed by atoms with Crippen LogP contribution in [0.4, 0.5) is 0 Å². The van der Waals surface area contributed by atoms with Crippen LogP contribution in [-0.2, 0) is 20.0 Å². The third kappa shape index (κ3) is 4.35. The summed E-state index contributed by atoms with van der Waals surface area (Å²) in [5, 5.41) is 10.3. The average Bonchev–Trinajstić information content (AvgIpc) is 3.34. The normalized spacial score (nSPS) is 17.4. The molecule has 3 aromatic rings. The molecule has 4 rings (SSSR count). The van der Waals surface area contributed by atoms with Crippen LogP contribution in [0.25, 0.3) is 10.8 Å². The van der Waals surface area contributed by atoms with Crippen LogP contribution in [0.5, 0.6) is 0 Å². The van der Waals surface area contributed by atoms with E-state index in [1.165, 1.54) is 28.3 Å². The van der Waals surface area contributed by atoms with E-state index in [0.29, 0.717) is 12.5 Å². The van der Waals surface area contributed by atoms with Gasteiger partial charge in [0.25, 0.3) is 0 Å². The molecule has 28 heavy (non-hydrogen) atoms. The van der Waals surface area contributed by atoms with Crippen LogP contribution in [-0.4, -0.2) is 40.3 Å². The monoisotopic (exact) mass is 375 g/mol. The second-order valence-electron chi connectivity index (χ2n) is 7.68. The number of aromatic nitrogens is 2. The van der Waals surface area contributed by atoms with E-state index in [4.69, 9.17) is 4.99 Å². The van der Waals surface area contributed by atoms with Gasteiger partial charge in [0, 0.05) is 32.9 Å². The van der Waals surface area contributed by atoms with Gasteiger partial charge in [-0.15, -0.1) is 0 Å². The molecule has 1 aromatic heterocycles. The van der Waals surface area contributed by atoms with E-state index in [-0.39, 0.29) is 0 Å². The third-order valence-electron chi connectivity index (χ3n) is 5.43. The largest absolute Gasteiger partial charge is 0.357 e. The molecule has 1 aliphatic rings. The lowest BCUT2D eigenvalue weighted by atomic mass is 10.0. The van der Waals surface area contributed by atoms with Crippen molar-refractivity contribution in [1.82, 2.24) is 20.0 Å². The fourth-order valence-corrected chi connectivity index (χ4v) is 4.03. The van der Waals surface area contributed by atoms with Crippen LogP contribution in [0.3, 0.4) is 0 Å². The molecule has 1 fully saturated rings. The van der Waals surface area contributed by atoms with Crippen molar-refractivity contribution in [3.8, 4) is 0 Å². The Morgan fingerprint density at radius 3 is 2.82 bits per heavy atom. The highest BCUT2D eigenvalue weighted by molar-refractivity contribution is 5.83. The summed E-state index contributed by atoms with van der Waals surface area (Å²) in [4.78, 5) is 7.34. The smallest absolute Gasteiger partial charge is 0.194 e. The van der Waals surface area contributed by atoms with Gasteiger partial charge >= 0.3 is 0 Å². The lowest BCUT2D eigenvalue weighted by Gasteiger charge is -2.21. The molecule has 1 saturated heterocycles. The Morgan fingerprint density at radius 2 is 2.04 bits per heavy atom. The Kier molecular flexibility index (Phi) is 5.60. The Balaban J connectivity index is 1.42. The van der Waals surface area contributed by atoms with E-state index in [0.717, 1.165) is 32.0 Å². The molecule has 0 spiro atoms. The third-order valence-corrected chi connectivity index (χ3v) is 5.43. The van der Waals surface area contributed by atoms with E-state index in [2.05, 4.69) is 70.9 Å². The van der Waals surface area contributed by atoms with Crippen molar-refractivity contribution in [2.24, 2.45) is 18.0 Å². The summed E-state index contributed by atoms with van der Waals surface area (Å²) >= 11 is 0. The number of likely N-dealkylation sites (tertiary alicyclic amines) is 1. The summed E-state index contributed by atoms with van der Waals surface area (Å²) in [6.07, 6.45) is 6.41. The number of guanidine groups is 1. The molecule has 2 aromatic carbocycles. The average molecular weight is 376 g/mol. The molecule has 0 radical (unpaired) electrons. The maximum absolute atomic E-state index is 4.93. The van der Waals surface area contributed by atoms with Gasteiger partial charge in [-0.05, 0) is 53.6 Å². The highest BCUT2D eigenvalue weighted by Crippen LogP contribution is 2.21. The predicted molar refractivity (Wildman–Crippen MR) is 115 cm³/mol. The summed E-state index contributed by atoms with van der Waals surface area (Å²) < 4.78 is 1.89. The molecule has 0 aliphatic carbocycles. The minimum absolute atomic E-state index is 0.661. The molecule has 146 valence electrons. The van der Waals surface area contributed by atoms with Gasteiger partial charge in [0.1, 0.15) is 0 Å². The van der Waals surface area contributed by atoms with Gasteiger partial charge in [-0.3, -0.25) is 4.68 Å². The van der Waals surface area contributed by atoms with E-state index >= 15 is 0 Å². The highest BCUT2D eigenvalue weighted by atomic mass is 15.3. The molecule has 0 saturated carbocycles. The van der Waals surface area contributed by atoms with Gasteiger partial charge in [0.15, 0.2) is 5.96 Å². The maximum atomic E-state index is 4.93. The summed E-state index contributed by atoms with van der Waals surface area (Å²) in [6.45, 7) is 5.85. The first-order valence-corrected chi connectivity index (χ1v) is 10.2. The second-order valence-corrected chi connectivity index (χ2v) is 7.68. The van der Waals surface area contributed by atoms with Crippen molar-refractivity contribution >= 4 is 16.7 Å². The number of aliphatic imine (C=N–C) groups is 1. The van der Waals surface area contributed by atoms with Gasteiger partial charge in [0.2, 0.25) is 0 Å². The number of nitrogens with zero attached hydrogens (tertiary/aromatic N) is 4. The summed E-state index contributed by atoms with van der Waals surface area (Å²) in [5.74, 6) is 1.69. The molecule has 1 N–H and O–H groups in total. The molecule has 5 heteroatoms. The summed E-state index contributed by atoms with van der Waals surface area (Å²) in [7, 11) is 1.98. The van der Waals surface area contributed by atoms with Crippen molar-refractivity contribution < 1.29 is 0 Å². The molecule has 2 heterocycles. The Labute approximate surface area is 167 Å². The van der Waals surface area contributed by atoms with Crippen molar-refractivity contribution in [1.29, 1.82) is 0 Å². The van der Waals surface area contributed by atoms with Crippen molar-refractivity contribution in [2.45, 2.75) is 26.3 Å². The zero-order chi connectivity index (χ0) is 19.3. The van der Waals surface area contributed by atoms with Crippen LogP contribution < -0.4 is 5.32 Å². The van der Waals surface area contributed by atoms with E-state index in [1.807, 2.05) is 17.9 Å². The van der Waals surface area contributed by atoms with Crippen molar-refractivity contribution in [2.75, 3.05) is 19.6 Å². The van der Waals surface area contributed by atoms with E-state index in [1.54, 1.807) is 0 Å². The molecular formula is C23H29N5. The number of hydrogen-bond donors (Lipinski definition) is 1. The Morgan fingerprint density at radius 1 is 1.18 bits per heavy atom. The molecule has 0 bridgehead atoms. The van der Waals surface area contributed by atoms with E-state index in [9.17, 15) is 0 Å². The van der Waals surface area contributed by atoms with Crippen molar-refractivity contribution in [3.05, 3.63) is 66.0 Å². The van der Waals surface area contributed by atoms with Crippen LogP contribution in [0.15, 0.2) is 59.9 Å². The van der Waals surface area contributed by atoms with Gasteiger partial charge < -0.3 is 10.2 Å². The lowest BCUT2D eigenvalue weighted by molar-refractivity contribution is 0.460. The number of rotatable bonds is 5. The summed E-state index contributed by atoms with van der Waals surface area (Å²) in [5.41, 5.74) is 2.58. The molecule has 1 unspecified atom stereocenters. The first-order chi connectivity index (χ1) is 13.7. The molecule has 1 atom stereocenters. The number of hydrogen-bond acceptors (Lipinski definition) is 2. The minimum atomic E-state index is 0.661. The highest BCUT2D eigenvalue weighted by Gasteiger charge is 2.25. The molecular weight excluding hydrogens is 346 g/mol. The minimum Gasteiger partial charge on any atom is -0.357 e. The standard InChI is InChI=1S/C23H29N5/c1-3-24-23(25-14-18-8-9-21-6-4-5-7-22(21)13-18)28-11-10-19(17-28)12-20-15-26-27(2)16-20/h4-9,13,15-16,19H,3,10-12,14,17H2,1-2H3,(H,24,25). The Hall–Kier alpha value is -2.82. The zero-order valence-corrected chi connectivity index (χ0v) is 16.8. The first-order valence-electron chi connectivity index (χ1n) is 10.2.